The Labute approximate surface area is 148 Å². The average molecular weight is 336 g/mol. The third kappa shape index (κ3) is 2.68. The summed E-state index contributed by atoms with van der Waals surface area (Å²) in [6.45, 7) is 4.97. The lowest BCUT2D eigenvalue weighted by Gasteiger charge is -2.18. The van der Waals surface area contributed by atoms with E-state index in [0.717, 1.165) is 45.7 Å². The van der Waals surface area contributed by atoms with Gasteiger partial charge in [0.25, 0.3) is 0 Å². The van der Waals surface area contributed by atoms with E-state index < -0.39 is 0 Å². The molecule has 3 heterocycles. The minimum atomic E-state index is 0.469. The van der Waals surface area contributed by atoms with Gasteiger partial charge in [-0.25, -0.2) is 9.67 Å². The van der Waals surface area contributed by atoms with Gasteiger partial charge in [0, 0.05) is 36.0 Å². The molecule has 1 saturated carbocycles. The zero-order valence-corrected chi connectivity index (χ0v) is 15.1. The summed E-state index contributed by atoms with van der Waals surface area (Å²) >= 11 is 0. The first-order chi connectivity index (χ1) is 12.2. The third-order valence-electron chi connectivity index (χ3n) is 5.18. The molecular weight excluding hydrogens is 312 g/mol. The van der Waals surface area contributed by atoms with Gasteiger partial charge in [0.2, 0.25) is 0 Å². The lowest BCUT2D eigenvalue weighted by Crippen LogP contribution is -2.06. The fourth-order valence-electron chi connectivity index (χ4n) is 3.98. The Balaban J connectivity index is 2.05. The minimum Gasteiger partial charge on any atom is -0.494 e. The van der Waals surface area contributed by atoms with E-state index in [1.54, 1.807) is 7.11 Å². The second kappa shape index (κ2) is 6.47. The van der Waals surface area contributed by atoms with Crippen LogP contribution in [0.3, 0.4) is 0 Å². The number of hydrogen-bond acceptors (Lipinski definition) is 4. The van der Waals surface area contributed by atoms with Crippen molar-refractivity contribution in [2.45, 2.75) is 52.0 Å². The molecule has 0 spiro atoms. The topological polar surface area (TPSA) is 52.8 Å². The number of ether oxygens (including phenoxy) is 1. The van der Waals surface area contributed by atoms with Gasteiger partial charge in [0.1, 0.15) is 5.75 Å². The number of methoxy groups -OCH3 is 1. The molecule has 5 nitrogen and oxygen atoms in total. The molecule has 0 radical (unpaired) electrons. The quantitative estimate of drug-likeness (QED) is 0.704. The van der Waals surface area contributed by atoms with Crippen LogP contribution in [-0.2, 0) is 6.54 Å². The Kier molecular flexibility index (Phi) is 4.15. The number of pyridine rings is 2. The van der Waals surface area contributed by atoms with Crippen LogP contribution in [-0.4, -0.2) is 26.9 Å². The van der Waals surface area contributed by atoms with Gasteiger partial charge in [0.05, 0.1) is 24.4 Å². The van der Waals surface area contributed by atoms with E-state index in [0.29, 0.717) is 5.92 Å². The predicted octanol–water partition coefficient (Wildman–Crippen LogP) is 4.49. The minimum absolute atomic E-state index is 0.469. The molecule has 0 amide bonds. The SMILES string of the molecule is CCn1ncc2c(-c3cncc(C)c3)c(OC)c(C3CCCC3)nc21. The van der Waals surface area contributed by atoms with Crippen LogP contribution in [0.5, 0.6) is 5.75 Å². The van der Waals surface area contributed by atoms with Crippen LogP contribution in [0, 0.1) is 6.92 Å². The zero-order valence-electron chi connectivity index (χ0n) is 15.1. The summed E-state index contributed by atoms with van der Waals surface area (Å²) < 4.78 is 7.88. The lowest BCUT2D eigenvalue weighted by molar-refractivity contribution is 0.404. The maximum Gasteiger partial charge on any atom is 0.158 e. The van der Waals surface area contributed by atoms with Gasteiger partial charge in [-0.15, -0.1) is 0 Å². The number of aromatic nitrogens is 4. The van der Waals surface area contributed by atoms with Crippen molar-refractivity contribution in [3.63, 3.8) is 0 Å². The first kappa shape index (κ1) is 16.1. The molecular formula is C20H24N4O. The highest BCUT2D eigenvalue weighted by Crippen LogP contribution is 2.45. The molecule has 0 saturated heterocycles. The van der Waals surface area contributed by atoms with Gasteiger partial charge < -0.3 is 4.74 Å². The van der Waals surface area contributed by atoms with Crippen molar-refractivity contribution in [2.24, 2.45) is 0 Å². The van der Waals surface area contributed by atoms with Gasteiger partial charge in [-0.05, 0) is 38.3 Å². The van der Waals surface area contributed by atoms with Crippen molar-refractivity contribution >= 4 is 11.0 Å². The molecule has 3 aromatic rings. The molecule has 0 bridgehead atoms. The van der Waals surface area contributed by atoms with Gasteiger partial charge in [-0.3, -0.25) is 4.98 Å². The first-order valence-electron chi connectivity index (χ1n) is 9.08. The van der Waals surface area contributed by atoms with Crippen LogP contribution in [0.15, 0.2) is 24.7 Å². The Morgan fingerprint density at radius 2 is 2.00 bits per heavy atom. The number of fused-ring (bicyclic) bond motifs is 1. The van der Waals surface area contributed by atoms with E-state index >= 15 is 0 Å². The van der Waals surface area contributed by atoms with Crippen molar-refractivity contribution in [1.29, 1.82) is 0 Å². The molecule has 1 aliphatic carbocycles. The average Bonchev–Trinajstić information content (AvgIpc) is 3.29. The zero-order chi connectivity index (χ0) is 17.4. The van der Waals surface area contributed by atoms with Crippen LogP contribution in [0.25, 0.3) is 22.2 Å². The van der Waals surface area contributed by atoms with E-state index in [4.69, 9.17) is 9.72 Å². The maximum atomic E-state index is 5.91. The summed E-state index contributed by atoms with van der Waals surface area (Å²) in [5.41, 5.74) is 5.31. The molecule has 25 heavy (non-hydrogen) atoms. The highest BCUT2D eigenvalue weighted by atomic mass is 16.5. The van der Waals surface area contributed by atoms with Crippen LogP contribution in [0.4, 0.5) is 0 Å². The monoisotopic (exact) mass is 336 g/mol. The molecule has 0 N–H and O–H groups in total. The van der Waals surface area contributed by atoms with Gasteiger partial charge in [-0.1, -0.05) is 12.8 Å². The van der Waals surface area contributed by atoms with Crippen LogP contribution in [0.2, 0.25) is 0 Å². The first-order valence-corrected chi connectivity index (χ1v) is 9.08. The molecule has 1 fully saturated rings. The summed E-state index contributed by atoms with van der Waals surface area (Å²) in [7, 11) is 1.75. The number of nitrogens with zero attached hydrogens (tertiary/aromatic N) is 4. The van der Waals surface area contributed by atoms with Crippen LogP contribution < -0.4 is 4.74 Å². The Morgan fingerprint density at radius 1 is 1.20 bits per heavy atom. The summed E-state index contributed by atoms with van der Waals surface area (Å²) in [4.78, 5) is 9.42. The summed E-state index contributed by atoms with van der Waals surface area (Å²) in [6.07, 6.45) is 10.6. The Hall–Kier alpha value is -2.43. The molecule has 1 aliphatic rings. The second-order valence-corrected chi connectivity index (χ2v) is 6.84. The van der Waals surface area contributed by atoms with Crippen LogP contribution in [0.1, 0.15) is 49.8 Å². The highest BCUT2D eigenvalue weighted by molar-refractivity contribution is 5.96. The fraction of sp³-hybridized carbons (Fsp3) is 0.450. The summed E-state index contributed by atoms with van der Waals surface area (Å²) in [5.74, 6) is 1.36. The van der Waals surface area contributed by atoms with Crippen molar-refractivity contribution in [2.75, 3.05) is 7.11 Å². The second-order valence-electron chi connectivity index (χ2n) is 6.84. The Bertz CT molecular complexity index is 909. The fourth-order valence-corrected chi connectivity index (χ4v) is 3.98. The highest BCUT2D eigenvalue weighted by Gasteiger charge is 2.27. The third-order valence-corrected chi connectivity index (χ3v) is 5.18. The van der Waals surface area contributed by atoms with E-state index in [1.165, 1.54) is 25.7 Å². The molecule has 0 aliphatic heterocycles. The smallest absolute Gasteiger partial charge is 0.158 e. The van der Waals surface area contributed by atoms with E-state index in [1.807, 2.05) is 23.3 Å². The summed E-state index contributed by atoms with van der Waals surface area (Å²) in [6, 6.07) is 2.16. The van der Waals surface area contributed by atoms with Gasteiger partial charge in [-0.2, -0.15) is 5.10 Å². The van der Waals surface area contributed by atoms with Gasteiger partial charge >= 0.3 is 0 Å². The molecule has 0 unspecified atom stereocenters. The molecule has 0 aromatic carbocycles. The lowest BCUT2D eigenvalue weighted by atomic mass is 9.95. The van der Waals surface area contributed by atoms with E-state index in [-0.39, 0.29) is 0 Å². The van der Waals surface area contributed by atoms with Crippen molar-refractivity contribution in [3.8, 4) is 16.9 Å². The van der Waals surface area contributed by atoms with Crippen LogP contribution >= 0.6 is 0 Å². The molecule has 5 heteroatoms. The predicted molar refractivity (Wildman–Crippen MR) is 98.9 cm³/mol. The number of aryl methyl sites for hydroxylation is 2. The molecule has 0 atom stereocenters. The van der Waals surface area contributed by atoms with Crippen molar-refractivity contribution in [3.05, 3.63) is 35.9 Å². The van der Waals surface area contributed by atoms with E-state index in [9.17, 15) is 0 Å². The number of hydrogen-bond donors (Lipinski definition) is 0. The summed E-state index contributed by atoms with van der Waals surface area (Å²) in [5, 5.41) is 5.58. The standard InChI is InChI=1S/C20H24N4O/c1-4-24-20-16(12-22-24)17(15-9-13(2)10-21-11-15)19(25-3)18(23-20)14-7-5-6-8-14/h9-12,14H,4-8H2,1-3H3. The Morgan fingerprint density at radius 3 is 2.68 bits per heavy atom. The molecule has 4 rings (SSSR count). The number of rotatable bonds is 4. The van der Waals surface area contributed by atoms with Crippen molar-refractivity contribution < 1.29 is 4.74 Å². The molecule has 130 valence electrons. The van der Waals surface area contributed by atoms with Gasteiger partial charge in [0.15, 0.2) is 5.65 Å². The normalized spacial score (nSPS) is 15.2. The van der Waals surface area contributed by atoms with E-state index in [2.05, 4.69) is 30.0 Å². The largest absolute Gasteiger partial charge is 0.494 e. The molecule has 3 aromatic heterocycles. The maximum absolute atomic E-state index is 5.91. The van der Waals surface area contributed by atoms with Crippen molar-refractivity contribution in [1.82, 2.24) is 19.7 Å².